The van der Waals surface area contributed by atoms with Gasteiger partial charge in [0.2, 0.25) is 0 Å². The Labute approximate surface area is 902 Å². The highest BCUT2D eigenvalue weighted by Crippen LogP contribution is 2.58. The molecule has 704 valence electrons. The average molecular weight is 1940 g/mol. The van der Waals surface area contributed by atoms with Crippen molar-refractivity contribution in [3.63, 3.8) is 0 Å². The van der Waals surface area contributed by atoms with E-state index in [2.05, 4.69) is 139 Å². The monoisotopic (exact) mass is 1930 g/mol. The summed E-state index contributed by atoms with van der Waals surface area (Å²) in [7, 11) is 0. The molecular formula is C147H98O3. The van der Waals surface area contributed by atoms with Gasteiger partial charge in [-0.25, -0.2) is 0 Å². The van der Waals surface area contributed by atoms with Gasteiger partial charge in [0.25, 0.3) is 0 Å². The van der Waals surface area contributed by atoms with Crippen molar-refractivity contribution in [2.45, 2.75) is 57.8 Å². The lowest BCUT2D eigenvalue weighted by Crippen LogP contribution is -2.14. The molecule has 3 aliphatic rings. The normalized spacial score (nSPS) is 15.7. The van der Waals surface area contributed by atoms with E-state index in [1.54, 1.807) is 0 Å². The molecular weight excluding hydrogens is 1810 g/mol. The van der Waals surface area contributed by atoms with Gasteiger partial charge in [0.05, 0.1) is 32.9 Å². The molecule has 3 aliphatic carbocycles. The fraction of sp³-hybridized carbons (Fsp3) is 0.0612. The van der Waals surface area contributed by atoms with Gasteiger partial charge in [-0.05, 0) is 297 Å². The van der Waals surface area contributed by atoms with E-state index < -0.39 is 77.9 Å². The fourth-order valence-electron chi connectivity index (χ4n) is 25.1. The van der Waals surface area contributed by atoms with Gasteiger partial charge in [0.1, 0.15) is 33.5 Å². The Morgan fingerprint density at radius 2 is 0.393 bits per heavy atom. The molecule has 0 aliphatic heterocycles. The van der Waals surface area contributed by atoms with E-state index in [0.717, 1.165) is 87.4 Å². The first kappa shape index (κ1) is 65.8. The van der Waals surface area contributed by atoms with Crippen LogP contribution in [-0.4, -0.2) is 0 Å². The third-order valence-corrected chi connectivity index (χ3v) is 32.1. The summed E-state index contributed by atoms with van der Waals surface area (Å²) in [6.07, 6.45) is 0. The number of hydrogen-bond acceptors (Lipinski definition) is 3. The highest BCUT2D eigenvalue weighted by molar-refractivity contribution is 6.32. The minimum Gasteiger partial charge on any atom is -0.455 e. The zero-order valence-electron chi connectivity index (χ0n) is 106. The van der Waals surface area contributed by atoms with Gasteiger partial charge in [0, 0.05) is 64.7 Å². The topological polar surface area (TPSA) is 39.4 Å². The molecule has 0 amide bonds. The van der Waals surface area contributed by atoms with Crippen molar-refractivity contribution in [2.24, 2.45) is 0 Å². The van der Waals surface area contributed by atoms with Crippen LogP contribution in [0.25, 0.3) is 285 Å². The van der Waals surface area contributed by atoms with Gasteiger partial charge in [-0.3, -0.25) is 0 Å². The third kappa shape index (κ3) is 13.0. The van der Waals surface area contributed by atoms with Gasteiger partial charge < -0.3 is 13.3 Å². The summed E-state index contributed by atoms with van der Waals surface area (Å²) in [5.41, 5.74) is 25.9. The molecule has 0 atom stereocenters. The second kappa shape index (κ2) is 33.2. The van der Waals surface area contributed by atoms with Crippen LogP contribution in [0.5, 0.6) is 0 Å². The lowest BCUT2D eigenvalue weighted by molar-refractivity contribution is 0.660. The quantitative estimate of drug-likeness (QED) is 0.142. The number of rotatable bonds is 8. The number of hydrogen-bond donors (Lipinski definition) is 0. The van der Waals surface area contributed by atoms with Crippen molar-refractivity contribution < 1.29 is 46.1 Å². The average Bonchev–Trinajstić information content (AvgIpc) is 0.991. The van der Waals surface area contributed by atoms with Gasteiger partial charge in [-0.1, -0.05) is 466 Å². The molecule has 0 radical (unpaired) electrons. The first-order valence-electron chi connectivity index (χ1n) is 62.5. The SMILES string of the molecule is [2H]c1c([2H])c([2H])c2c(-c3cccc4oc5c6ccccc6ccc5c34)c3c([2H])c([2H])c([2H])c([2H])c3c(-c3ccc(-c4ccc5c(c4)C(C)(C)c4ccccc4-5)cc3)c2c1[2H].[2H]c1c([2H])c([2H])c2c(-c3cccc4oc5c6ccccc6ccc5c34)c3c([2H])c([2H])c([2H])c([2H])c3c(-c3ccc4c(c3)C(C)(C)c3ccccc3-4)c2c1[2H].[2H]c1c([2H])c([2H])c2c(-c3cccc4oc5c6ccccc6ccc5c34)c3c([2H])c([2H])c([2H])c([2H])c3c(-c3cccc(-c4ccc5c(c4)C(C)(C)c4ccccc4-5)c3)c2c1[2H]. The van der Waals surface area contributed by atoms with E-state index in [9.17, 15) is 16.4 Å². The number of benzene rings is 26. The maximum absolute atomic E-state index is 9.55. The molecule has 3 heteroatoms. The smallest absolute Gasteiger partial charge is 0.143 e. The standard InChI is InChI=1S/2C51H34O.C45H30O/c1-51(2)44-23-10-9-17-36(44)37-27-26-33(30-45(37)51)32-14-11-15-34(29-32)47-38-18-5-7-20-40(38)48(41-21-8-6-19-39(41)47)42-22-12-24-46-49(42)43-28-25-31-13-3-4-16-35(31)50(43)52-46;1-51(2)44-20-10-9-14-36(44)37-28-27-34(30-45(37)51)31-22-24-33(25-23-31)47-38-15-5-7-17-40(38)48(41-18-8-6-16-39(41)47)42-19-11-21-46-49(42)43-29-26-32-12-3-4-13-35(32)50(43)52-46;1-45(2)38-20-10-9-14-30(38)31-24-23-28(26-39(31)45)41-32-15-5-7-17-34(32)42(35-18-8-6-16-33(35)41)36-19-11-21-40-43(36)37-25-22-27-12-3-4-13-29(27)44(37)46-40/h2*3-30H,1-2H3;3-26H,1-2H3/i5D,6D,7D,8D,18D,19D,20D,21D;2*5D,6D,7D,8D,15D,16D,17D,18D. The second-order valence-electron chi connectivity index (χ2n) is 41.0. The predicted molar refractivity (Wildman–Crippen MR) is 635 cm³/mol. The molecule has 0 bridgehead atoms. The van der Waals surface area contributed by atoms with Gasteiger partial charge >= 0.3 is 0 Å². The summed E-state index contributed by atoms with van der Waals surface area (Å²) in [5, 5.41) is 12.2. The summed E-state index contributed by atoms with van der Waals surface area (Å²) in [6, 6.07) is 103. The second-order valence-corrected chi connectivity index (χ2v) is 41.0. The van der Waals surface area contributed by atoms with Crippen LogP contribution < -0.4 is 0 Å². The van der Waals surface area contributed by atoms with Crippen LogP contribution in [0, 0.1) is 0 Å². The first-order chi connectivity index (χ1) is 83.7. The molecule has 32 rings (SSSR count). The van der Waals surface area contributed by atoms with Gasteiger partial charge in [0.15, 0.2) is 0 Å². The van der Waals surface area contributed by atoms with Crippen molar-refractivity contribution >= 4 is 163 Å². The van der Waals surface area contributed by atoms with Gasteiger partial charge in [-0.2, -0.15) is 0 Å². The van der Waals surface area contributed by atoms with Crippen molar-refractivity contribution in [3.8, 4) is 122 Å². The van der Waals surface area contributed by atoms with E-state index in [0.29, 0.717) is 116 Å². The lowest BCUT2D eigenvalue weighted by atomic mass is 9.80. The molecule has 0 unspecified atom stereocenters. The van der Waals surface area contributed by atoms with Crippen molar-refractivity contribution in [2.75, 3.05) is 0 Å². The third-order valence-electron chi connectivity index (χ3n) is 32.1. The minimum absolute atomic E-state index is 0.165. The highest BCUT2D eigenvalue weighted by atomic mass is 16.3. The number of furan rings is 3. The van der Waals surface area contributed by atoms with Crippen LogP contribution in [0.4, 0.5) is 0 Å². The maximum Gasteiger partial charge on any atom is 0.143 e. The zero-order valence-corrected chi connectivity index (χ0v) is 82.1. The lowest BCUT2D eigenvalue weighted by Gasteiger charge is -2.23. The van der Waals surface area contributed by atoms with Crippen LogP contribution in [0.1, 0.15) is 108 Å². The molecule has 0 spiro atoms. The Morgan fingerprint density at radius 1 is 0.160 bits per heavy atom. The molecule has 3 heterocycles. The Morgan fingerprint density at radius 3 is 0.733 bits per heavy atom. The Balaban J connectivity index is 0.000000115. The fourth-order valence-corrected chi connectivity index (χ4v) is 25.1. The van der Waals surface area contributed by atoms with Gasteiger partial charge in [-0.15, -0.1) is 0 Å². The van der Waals surface area contributed by atoms with Crippen LogP contribution in [0.3, 0.4) is 0 Å². The molecule has 0 saturated carbocycles. The summed E-state index contributed by atoms with van der Waals surface area (Å²) < 4.78 is 241. The molecule has 26 aromatic carbocycles. The molecule has 0 saturated heterocycles. The van der Waals surface area contributed by atoms with Crippen LogP contribution in [0.2, 0.25) is 0 Å². The summed E-state index contributed by atoms with van der Waals surface area (Å²) in [5.74, 6) is 0. The van der Waals surface area contributed by atoms with Crippen LogP contribution in [-0.2, 0) is 16.2 Å². The van der Waals surface area contributed by atoms with Crippen LogP contribution >= 0.6 is 0 Å². The summed E-state index contributed by atoms with van der Waals surface area (Å²) >= 11 is 0. The van der Waals surface area contributed by atoms with Crippen molar-refractivity contribution in [3.05, 3.63) is 518 Å². The van der Waals surface area contributed by atoms with E-state index >= 15 is 0 Å². The highest BCUT2D eigenvalue weighted by Gasteiger charge is 2.40. The maximum atomic E-state index is 9.55. The van der Waals surface area contributed by atoms with E-state index in [1.165, 1.54) is 50.1 Å². The van der Waals surface area contributed by atoms with Crippen molar-refractivity contribution in [1.82, 2.24) is 0 Å². The molecule has 29 aromatic rings. The van der Waals surface area contributed by atoms with E-state index in [4.69, 9.17) is 29.7 Å². The minimum atomic E-state index is -0.439. The molecule has 0 N–H and O–H groups in total. The van der Waals surface area contributed by atoms with Crippen molar-refractivity contribution in [1.29, 1.82) is 0 Å². The Bertz CT molecular complexity index is 12200. The molecule has 150 heavy (non-hydrogen) atoms. The zero-order chi connectivity index (χ0) is 121. The van der Waals surface area contributed by atoms with E-state index in [-0.39, 0.29) is 148 Å². The summed E-state index contributed by atoms with van der Waals surface area (Å²) in [4.78, 5) is 0. The molecule has 3 nitrogen and oxygen atoms in total. The Kier molecular flexibility index (Phi) is 14.6. The van der Waals surface area contributed by atoms with E-state index in [1.807, 2.05) is 243 Å². The van der Waals surface area contributed by atoms with Crippen LogP contribution in [0.15, 0.2) is 498 Å². The molecule has 0 fully saturated rings. The Hall–Kier alpha value is -18.5. The first-order valence-corrected chi connectivity index (χ1v) is 50.5. The number of fused-ring (bicyclic) bond motifs is 30. The predicted octanol–water partition coefficient (Wildman–Crippen LogP) is 41.4. The summed E-state index contributed by atoms with van der Waals surface area (Å²) in [6.45, 7) is 13.2. The molecule has 3 aromatic heterocycles. The largest absolute Gasteiger partial charge is 0.455 e.